The molecule has 0 atom stereocenters. The van der Waals surface area contributed by atoms with Crippen LogP contribution in [0.25, 0.3) is 10.2 Å². The largest absolute Gasteiger partial charge is 0.494 e. The molecule has 3 rings (SSSR count). The molecule has 2 heterocycles. The number of methoxy groups -OCH3 is 3. The fourth-order valence-corrected chi connectivity index (χ4v) is 3.45. The molecule has 2 aromatic rings. The summed E-state index contributed by atoms with van der Waals surface area (Å²) in [6.45, 7) is -0.00559. The molecule has 0 aliphatic carbocycles. The Labute approximate surface area is 152 Å². The second-order valence-corrected chi connectivity index (χ2v) is 6.33. The Bertz CT molecular complexity index is 907. The van der Waals surface area contributed by atoms with Crippen molar-refractivity contribution in [2.24, 2.45) is 0 Å². The van der Waals surface area contributed by atoms with Gasteiger partial charge in [0.25, 0.3) is 0 Å². The maximum atomic E-state index is 12.4. The van der Waals surface area contributed by atoms with E-state index in [1.54, 1.807) is 12.1 Å². The highest BCUT2D eigenvalue weighted by molar-refractivity contribution is 7.22. The number of anilines is 2. The van der Waals surface area contributed by atoms with Gasteiger partial charge in [-0.1, -0.05) is 11.3 Å². The predicted octanol–water partition coefficient (Wildman–Crippen LogP) is 1.28. The highest BCUT2D eigenvalue weighted by Crippen LogP contribution is 2.37. The van der Waals surface area contributed by atoms with Crippen LogP contribution in [-0.4, -0.2) is 51.6 Å². The zero-order valence-electron chi connectivity index (χ0n) is 14.4. The van der Waals surface area contributed by atoms with Crippen molar-refractivity contribution in [3.63, 3.8) is 0 Å². The van der Waals surface area contributed by atoms with Crippen molar-refractivity contribution in [1.29, 1.82) is 0 Å². The third-order valence-corrected chi connectivity index (χ3v) is 4.66. The van der Waals surface area contributed by atoms with Crippen molar-refractivity contribution in [2.45, 2.75) is 0 Å². The van der Waals surface area contributed by atoms with Crippen LogP contribution in [0.4, 0.5) is 10.8 Å². The minimum Gasteiger partial charge on any atom is -0.494 e. The van der Waals surface area contributed by atoms with Gasteiger partial charge in [0, 0.05) is 11.8 Å². The third-order valence-electron chi connectivity index (χ3n) is 3.83. The maximum Gasteiger partial charge on any atom is 0.355 e. The number of ether oxygens (including phenoxy) is 4. The van der Waals surface area contributed by atoms with Gasteiger partial charge in [0.2, 0.25) is 0 Å². The number of nitrogen functional groups attached to an aromatic ring is 1. The lowest BCUT2D eigenvalue weighted by atomic mass is 10.1. The molecule has 0 unspecified atom stereocenters. The lowest BCUT2D eigenvalue weighted by molar-refractivity contribution is -0.140. The molecule has 0 fully saturated rings. The second kappa shape index (κ2) is 7.18. The number of fused-ring (bicyclic) bond motifs is 1. The van der Waals surface area contributed by atoms with Crippen LogP contribution < -0.4 is 15.4 Å². The van der Waals surface area contributed by atoms with E-state index < -0.39 is 11.9 Å². The zero-order chi connectivity index (χ0) is 18.8. The van der Waals surface area contributed by atoms with E-state index in [0.29, 0.717) is 22.1 Å². The average molecular weight is 379 g/mol. The predicted molar refractivity (Wildman–Crippen MR) is 94.9 cm³/mol. The molecule has 1 aromatic carbocycles. The first-order valence-electron chi connectivity index (χ1n) is 7.49. The van der Waals surface area contributed by atoms with E-state index >= 15 is 0 Å². The summed E-state index contributed by atoms with van der Waals surface area (Å²) in [5.41, 5.74) is 7.11. The molecule has 0 radical (unpaired) electrons. The molecular weight excluding hydrogens is 362 g/mol. The molecular formula is C16H17N3O6S. The lowest BCUT2D eigenvalue weighted by Gasteiger charge is -2.31. The van der Waals surface area contributed by atoms with Gasteiger partial charge in [-0.25, -0.2) is 14.6 Å². The van der Waals surface area contributed by atoms with Gasteiger partial charge in [-0.3, -0.25) is 0 Å². The normalized spacial score (nSPS) is 14.5. The Morgan fingerprint density at radius 1 is 1.23 bits per heavy atom. The van der Waals surface area contributed by atoms with Gasteiger partial charge in [0.1, 0.15) is 23.7 Å². The first-order chi connectivity index (χ1) is 12.5. The standard InChI is InChI=1S/C16H17N3O6S/c1-22-10-4-8(5-11-12(10)18-16(17)26-11)19-7-25-6-9(14(20)23-2)13(19)15(21)24-3/h4-5H,6-7H2,1-3H3,(H2,17,18). The van der Waals surface area contributed by atoms with Gasteiger partial charge in [-0.15, -0.1) is 0 Å². The Balaban J connectivity index is 2.18. The molecule has 1 aliphatic rings. The van der Waals surface area contributed by atoms with Crippen molar-refractivity contribution in [1.82, 2.24) is 4.98 Å². The minimum atomic E-state index is -0.670. The van der Waals surface area contributed by atoms with Gasteiger partial charge < -0.3 is 29.6 Å². The maximum absolute atomic E-state index is 12.4. The number of thiazole rings is 1. The summed E-state index contributed by atoms with van der Waals surface area (Å²) in [4.78, 5) is 30.2. The molecule has 0 spiro atoms. The van der Waals surface area contributed by atoms with E-state index in [1.807, 2.05) is 0 Å². The molecule has 0 saturated carbocycles. The van der Waals surface area contributed by atoms with Gasteiger partial charge >= 0.3 is 11.9 Å². The van der Waals surface area contributed by atoms with Crippen LogP contribution in [0, 0.1) is 0 Å². The third kappa shape index (κ3) is 3.04. The van der Waals surface area contributed by atoms with Crippen molar-refractivity contribution < 1.29 is 28.5 Å². The van der Waals surface area contributed by atoms with Crippen LogP contribution in [0.3, 0.4) is 0 Å². The van der Waals surface area contributed by atoms with Gasteiger partial charge in [0.05, 0.1) is 38.2 Å². The number of rotatable bonds is 4. The Morgan fingerprint density at radius 2 is 1.96 bits per heavy atom. The Kier molecular flexibility index (Phi) is 4.96. The summed E-state index contributed by atoms with van der Waals surface area (Å²) in [5, 5.41) is 0.393. The van der Waals surface area contributed by atoms with Gasteiger partial charge in [0.15, 0.2) is 5.13 Å². The molecule has 9 nitrogen and oxygen atoms in total. The second-order valence-electron chi connectivity index (χ2n) is 5.26. The van der Waals surface area contributed by atoms with Crippen LogP contribution in [-0.2, 0) is 23.8 Å². The van der Waals surface area contributed by atoms with Crippen LogP contribution in [0.5, 0.6) is 5.75 Å². The first-order valence-corrected chi connectivity index (χ1v) is 8.31. The Morgan fingerprint density at radius 3 is 2.62 bits per heavy atom. The molecule has 10 heteroatoms. The molecule has 26 heavy (non-hydrogen) atoms. The number of carbonyl (C=O) groups excluding carboxylic acids is 2. The van der Waals surface area contributed by atoms with Crippen LogP contribution in [0.2, 0.25) is 0 Å². The molecule has 0 amide bonds. The van der Waals surface area contributed by atoms with E-state index in [0.717, 1.165) is 4.70 Å². The molecule has 0 bridgehead atoms. The van der Waals surface area contributed by atoms with Crippen molar-refractivity contribution in [3.8, 4) is 5.75 Å². The smallest absolute Gasteiger partial charge is 0.355 e. The number of hydrogen-bond acceptors (Lipinski definition) is 10. The fraction of sp³-hybridized carbons (Fsp3) is 0.312. The van der Waals surface area contributed by atoms with Crippen molar-refractivity contribution in [2.75, 3.05) is 45.3 Å². The summed E-state index contributed by atoms with van der Waals surface area (Å²) in [7, 11) is 3.99. The van der Waals surface area contributed by atoms with Crippen molar-refractivity contribution in [3.05, 3.63) is 23.4 Å². The first kappa shape index (κ1) is 18.0. The van der Waals surface area contributed by atoms with Crippen LogP contribution in [0.1, 0.15) is 0 Å². The fourth-order valence-electron chi connectivity index (χ4n) is 2.66. The van der Waals surface area contributed by atoms with Crippen molar-refractivity contribution >= 4 is 44.3 Å². The molecule has 1 aliphatic heterocycles. The Hall–Kier alpha value is -2.85. The number of benzene rings is 1. The number of nitrogens with zero attached hydrogens (tertiary/aromatic N) is 2. The number of aromatic nitrogens is 1. The van der Waals surface area contributed by atoms with E-state index in [2.05, 4.69) is 4.98 Å². The van der Waals surface area contributed by atoms with E-state index in [4.69, 9.17) is 24.7 Å². The quantitative estimate of drug-likeness (QED) is 0.785. The highest BCUT2D eigenvalue weighted by Gasteiger charge is 2.33. The summed E-state index contributed by atoms with van der Waals surface area (Å²) < 4.78 is 21.2. The average Bonchev–Trinajstić information content (AvgIpc) is 3.05. The zero-order valence-corrected chi connectivity index (χ0v) is 15.2. The van der Waals surface area contributed by atoms with Gasteiger partial charge in [-0.05, 0) is 6.07 Å². The van der Waals surface area contributed by atoms with E-state index in [9.17, 15) is 9.59 Å². The molecule has 0 saturated heterocycles. The van der Waals surface area contributed by atoms with Gasteiger partial charge in [-0.2, -0.15) is 0 Å². The van der Waals surface area contributed by atoms with E-state index in [1.165, 1.54) is 37.6 Å². The van der Waals surface area contributed by atoms with Crippen LogP contribution >= 0.6 is 11.3 Å². The lowest BCUT2D eigenvalue weighted by Crippen LogP contribution is -2.38. The number of carbonyl (C=O) groups is 2. The molecule has 138 valence electrons. The summed E-state index contributed by atoms with van der Waals surface area (Å²) in [5.74, 6) is -0.846. The number of esters is 2. The van der Waals surface area contributed by atoms with Crippen LogP contribution in [0.15, 0.2) is 23.4 Å². The summed E-state index contributed by atoms with van der Waals surface area (Å²) in [6.07, 6.45) is 0. The number of nitrogens with two attached hydrogens (primary N) is 1. The monoisotopic (exact) mass is 379 g/mol. The SMILES string of the molecule is COC(=O)C1=C(C(=O)OC)N(c2cc(OC)c3nc(N)sc3c2)COC1. The summed E-state index contributed by atoms with van der Waals surface area (Å²) in [6, 6.07) is 3.48. The van der Waals surface area contributed by atoms with E-state index in [-0.39, 0.29) is 24.6 Å². The highest BCUT2D eigenvalue weighted by atomic mass is 32.1. The molecule has 2 N–H and O–H groups in total. The summed E-state index contributed by atoms with van der Waals surface area (Å²) >= 11 is 1.28. The topological polar surface area (TPSA) is 113 Å². The minimum absolute atomic E-state index is 0.0495. The number of hydrogen-bond donors (Lipinski definition) is 1. The molecule has 1 aromatic heterocycles.